The van der Waals surface area contributed by atoms with Crippen LogP contribution in [0, 0.1) is 0 Å². The Hall–Kier alpha value is -2.40. The van der Waals surface area contributed by atoms with Crippen molar-refractivity contribution in [2.24, 2.45) is 0 Å². The van der Waals surface area contributed by atoms with Gasteiger partial charge in [-0.3, -0.25) is 9.88 Å². The SMILES string of the molecule is O=C(O)NC1(c2ccncc2)CCN(Cc2ccccc2)CC1. The number of rotatable bonds is 4. The first-order chi connectivity index (χ1) is 11.2. The second-order valence-electron chi connectivity index (χ2n) is 6.01. The Morgan fingerprint density at radius 1 is 1.13 bits per heavy atom. The number of carboxylic acid groups (broad SMARTS) is 1. The first-order valence-electron chi connectivity index (χ1n) is 7.86. The van der Waals surface area contributed by atoms with E-state index in [9.17, 15) is 9.90 Å². The van der Waals surface area contributed by atoms with Crippen LogP contribution in [0.15, 0.2) is 54.9 Å². The Morgan fingerprint density at radius 2 is 1.78 bits per heavy atom. The fraction of sp³-hybridized carbons (Fsp3) is 0.333. The van der Waals surface area contributed by atoms with E-state index >= 15 is 0 Å². The van der Waals surface area contributed by atoms with E-state index in [-0.39, 0.29) is 0 Å². The predicted molar refractivity (Wildman–Crippen MR) is 88.0 cm³/mol. The molecule has 120 valence electrons. The number of carbonyl (C=O) groups is 1. The fourth-order valence-electron chi connectivity index (χ4n) is 3.30. The van der Waals surface area contributed by atoms with Crippen LogP contribution in [0.5, 0.6) is 0 Å². The van der Waals surface area contributed by atoms with Gasteiger partial charge in [-0.05, 0) is 36.1 Å². The smallest absolute Gasteiger partial charge is 0.405 e. The number of aromatic nitrogens is 1. The van der Waals surface area contributed by atoms with E-state index in [1.807, 2.05) is 30.3 Å². The highest BCUT2D eigenvalue weighted by molar-refractivity contribution is 5.66. The number of benzene rings is 1. The molecule has 1 aromatic heterocycles. The number of pyridine rings is 1. The number of hydrogen-bond acceptors (Lipinski definition) is 3. The third-order valence-corrected chi connectivity index (χ3v) is 4.54. The molecule has 0 spiro atoms. The standard InChI is InChI=1S/C18H21N3O2/c22-17(23)20-18(16-6-10-19-11-7-16)8-12-21(13-9-18)14-15-4-2-1-3-5-15/h1-7,10-11,20H,8-9,12-14H2,(H,22,23). The Bertz CT molecular complexity index is 638. The summed E-state index contributed by atoms with van der Waals surface area (Å²) >= 11 is 0. The molecule has 1 aromatic carbocycles. The fourth-order valence-corrected chi connectivity index (χ4v) is 3.30. The van der Waals surface area contributed by atoms with Crippen molar-refractivity contribution < 1.29 is 9.90 Å². The van der Waals surface area contributed by atoms with Crippen LogP contribution in [-0.2, 0) is 12.1 Å². The number of amides is 1. The summed E-state index contributed by atoms with van der Waals surface area (Å²) in [5.74, 6) is 0. The lowest BCUT2D eigenvalue weighted by Crippen LogP contribution is -2.52. The second kappa shape index (κ2) is 6.79. The van der Waals surface area contributed by atoms with Gasteiger partial charge < -0.3 is 10.4 Å². The van der Waals surface area contributed by atoms with Crippen molar-refractivity contribution in [3.05, 3.63) is 66.0 Å². The maximum absolute atomic E-state index is 11.3. The Kier molecular flexibility index (Phi) is 4.57. The molecule has 0 atom stereocenters. The maximum atomic E-state index is 11.3. The minimum atomic E-state index is -0.974. The molecule has 23 heavy (non-hydrogen) atoms. The summed E-state index contributed by atoms with van der Waals surface area (Å²) < 4.78 is 0. The maximum Gasteiger partial charge on any atom is 0.405 e. The largest absolute Gasteiger partial charge is 0.465 e. The highest BCUT2D eigenvalue weighted by Gasteiger charge is 2.37. The Labute approximate surface area is 136 Å². The quantitative estimate of drug-likeness (QED) is 0.911. The summed E-state index contributed by atoms with van der Waals surface area (Å²) in [6, 6.07) is 14.2. The van der Waals surface area contributed by atoms with E-state index in [1.54, 1.807) is 12.4 Å². The molecule has 5 nitrogen and oxygen atoms in total. The number of piperidine rings is 1. The monoisotopic (exact) mass is 311 g/mol. The average Bonchev–Trinajstić information content (AvgIpc) is 2.58. The lowest BCUT2D eigenvalue weighted by atomic mass is 9.81. The Morgan fingerprint density at radius 3 is 2.39 bits per heavy atom. The molecule has 0 radical (unpaired) electrons. The second-order valence-corrected chi connectivity index (χ2v) is 6.01. The summed E-state index contributed by atoms with van der Waals surface area (Å²) in [4.78, 5) is 17.7. The molecule has 1 aliphatic heterocycles. The van der Waals surface area contributed by atoms with E-state index < -0.39 is 11.6 Å². The van der Waals surface area contributed by atoms with Gasteiger partial charge in [-0.25, -0.2) is 4.79 Å². The third kappa shape index (κ3) is 3.68. The topological polar surface area (TPSA) is 65.5 Å². The van der Waals surface area contributed by atoms with E-state index in [0.29, 0.717) is 0 Å². The first kappa shape index (κ1) is 15.5. The highest BCUT2D eigenvalue weighted by Crippen LogP contribution is 2.33. The van der Waals surface area contributed by atoms with Crippen molar-refractivity contribution in [3.63, 3.8) is 0 Å². The van der Waals surface area contributed by atoms with Crippen molar-refractivity contribution >= 4 is 6.09 Å². The van der Waals surface area contributed by atoms with E-state index in [4.69, 9.17) is 0 Å². The summed E-state index contributed by atoms with van der Waals surface area (Å²) in [7, 11) is 0. The molecule has 1 fully saturated rings. The normalized spacial score (nSPS) is 17.6. The number of hydrogen-bond donors (Lipinski definition) is 2. The van der Waals surface area contributed by atoms with Gasteiger partial charge in [0, 0.05) is 32.0 Å². The van der Waals surface area contributed by atoms with Crippen LogP contribution in [0.25, 0.3) is 0 Å². The summed E-state index contributed by atoms with van der Waals surface area (Å²) in [5.41, 5.74) is 1.77. The van der Waals surface area contributed by atoms with Crippen LogP contribution in [0.3, 0.4) is 0 Å². The minimum Gasteiger partial charge on any atom is -0.465 e. The van der Waals surface area contributed by atoms with Crippen LogP contribution in [0.4, 0.5) is 4.79 Å². The van der Waals surface area contributed by atoms with Crippen molar-refractivity contribution in [3.8, 4) is 0 Å². The average molecular weight is 311 g/mol. The van der Waals surface area contributed by atoms with Crippen LogP contribution in [0.1, 0.15) is 24.0 Å². The minimum absolute atomic E-state index is 0.512. The zero-order valence-corrected chi connectivity index (χ0v) is 13.0. The molecule has 5 heteroatoms. The third-order valence-electron chi connectivity index (χ3n) is 4.54. The van der Waals surface area contributed by atoms with Gasteiger partial charge in [0.15, 0.2) is 0 Å². The van der Waals surface area contributed by atoms with Crippen LogP contribution in [0.2, 0.25) is 0 Å². The molecule has 1 saturated heterocycles. The molecule has 2 aromatic rings. The number of nitrogens with one attached hydrogen (secondary N) is 1. The zero-order chi connectivity index (χ0) is 16.1. The summed E-state index contributed by atoms with van der Waals surface area (Å²) in [6.07, 6.45) is 3.98. The van der Waals surface area contributed by atoms with Crippen LogP contribution in [-0.4, -0.2) is 34.2 Å². The predicted octanol–water partition coefficient (Wildman–Crippen LogP) is 2.84. The van der Waals surface area contributed by atoms with Gasteiger partial charge >= 0.3 is 6.09 Å². The van der Waals surface area contributed by atoms with Crippen molar-refractivity contribution in [2.45, 2.75) is 24.9 Å². The van der Waals surface area contributed by atoms with Gasteiger partial charge in [0.05, 0.1) is 5.54 Å². The Balaban J connectivity index is 1.71. The highest BCUT2D eigenvalue weighted by atomic mass is 16.4. The van der Waals surface area contributed by atoms with Gasteiger partial charge in [0.25, 0.3) is 0 Å². The van der Waals surface area contributed by atoms with Gasteiger partial charge in [0.1, 0.15) is 0 Å². The molecule has 0 bridgehead atoms. The van der Waals surface area contributed by atoms with Gasteiger partial charge in [-0.1, -0.05) is 30.3 Å². The molecule has 3 rings (SSSR count). The van der Waals surface area contributed by atoms with E-state index in [1.165, 1.54) is 5.56 Å². The lowest BCUT2D eigenvalue weighted by molar-refractivity contribution is 0.118. The molecular weight excluding hydrogens is 290 g/mol. The van der Waals surface area contributed by atoms with E-state index in [2.05, 4.69) is 27.3 Å². The van der Waals surface area contributed by atoms with Gasteiger partial charge in [-0.15, -0.1) is 0 Å². The molecule has 2 N–H and O–H groups in total. The van der Waals surface area contributed by atoms with Crippen LogP contribution < -0.4 is 5.32 Å². The van der Waals surface area contributed by atoms with Crippen LogP contribution >= 0.6 is 0 Å². The summed E-state index contributed by atoms with van der Waals surface area (Å²) in [5, 5.41) is 12.0. The lowest BCUT2D eigenvalue weighted by Gasteiger charge is -2.42. The number of likely N-dealkylation sites (tertiary alicyclic amines) is 1. The van der Waals surface area contributed by atoms with Gasteiger partial charge in [0.2, 0.25) is 0 Å². The molecule has 0 aliphatic carbocycles. The first-order valence-corrected chi connectivity index (χ1v) is 7.86. The summed E-state index contributed by atoms with van der Waals surface area (Å²) in [6.45, 7) is 2.62. The zero-order valence-electron chi connectivity index (χ0n) is 13.0. The number of nitrogens with zero attached hydrogens (tertiary/aromatic N) is 2. The molecular formula is C18H21N3O2. The molecule has 1 amide bonds. The van der Waals surface area contributed by atoms with E-state index in [0.717, 1.165) is 38.0 Å². The van der Waals surface area contributed by atoms with Crippen molar-refractivity contribution in [1.29, 1.82) is 0 Å². The van der Waals surface area contributed by atoms with Crippen molar-refractivity contribution in [2.75, 3.05) is 13.1 Å². The van der Waals surface area contributed by atoms with Gasteiger partial charge in [-0.2, -0.15) is 0 Å². The molecule has 0 saturated carbocycles. The molecule has 2 heterocycles. The van der Waals surface area contributed by atoms with Crippen molar-refractivity contribution in [1.82, 2.24) is 15.2 Å². The molecule has 0 unspecified atom stereocenters. The molecule has 1 aliphatic rings.